The number of fused-ring (bicyclic) bond motifs is 3. The molecule has 0 unspecified atom stereocenters. The lowest BCUT2D eigenvalue weighted by Crippen LogP contribution is -2.17. The van der Waals surface area contributed by atoms with Gasteiger partial charge < -0.3 is 14.2 Å². The summed E-state index contributed by atoms with van der Waals surface area (Å²) in [6, 6.07) is 45.8. The standard InChI is InChI=1S/C21H18F4O.C20H16F4O.C19H14F4O/c1-2-3-4-14-5-6-16-12-17(8-7-15(16)11-14)18-9-10-20(19(22)13-18)26-21(23,24)25;1-2-3-13-4-5-15-11-16(7-6-14(15)10-13)17-8-9-19(18(21)12-17)25-20(22,23)24;1-2-12-3-4-14-10-15(6-5-13(14)9-12)16-7-8-18(17(20)11-16)24-19(21,22)23/h5-13H,2-4H2,1H3;4-12H,2-3H2,1H3;3-11H,2H2,1H3. The van der Waals surface area contributed by atoms with Crippen molar-refractivity contribution < 1.29 is 66.9 Å². The zero-order valence-corrected chi connectivity index (χ0v) is 40.6. The zero-order valence-electron chi connectivity index (χ0n) is 40.6. The normalized spacial score (nSPS) is 11.7. The van der Waals surface area contributed by atoms with E-state index in [0.29, 0.717) is 16.7 Å². The lowest BCUT2D eigenvalue weighted by molar-refractivity contribution is -0.276. The Morgan fingerprint density at radius 1 is 0.307 bits per heavy atom. The van der Waals surface area contributed by atoms with E-state index < -0.39 is 53.8 Å². The van der Waals surface area contributed by atoms with Crippen molar-refractivity contribution in [3.63, 3.8) is 0 Å². The second-order valence-corrected chi connectivity index (χ2v) is 17.5. The van der Waals surface area contributed by atoms with Gasteiger partial charge in [0.2, 0.25) is 0 Å². The number of rotatable bonds is 12. The summed E-state index contributed by atoms with van der Waals surface area (Å²) in [7, 11) is 0. The Morgan fingerprint density at radius 3 is 0.893 bits per heavy atom. The van der Waals surface area contributed by atoms with Crippen LogP contribution in [0, 0.1) is 17.5 Å². The first-order valence-corrected chi connectivity index (χ1v) is 23.8. The van der Waals surface area contributed by atoms with Gasteiger partial charge in [-0.2, -0.15) is 0 Å². The zero-order chi connectivity index (χ0) is 54.1. The van der Waals surface area contributed by atoms with Crippen LogP contribution in [-0.4, -0.2) is 19.1 Å². The molecule has 0 aliphatic heterocycles. The number of hydrogen-bond donors (Lipinski definition) is 0. The summed E-state index contributed by atoms with van der Waals surface area (Å²) >= 11 is 0. The molecule has 0 N–H and O–H groups in total. The molecule has 0 saturated heterocycles. The average molecular weight is 1050 g/mol. The predicted molar refractivity (Wildman–Crippen MR) is 270 cm³/mol. The van der Waals surface area contributed by atoms with Crippen molar-refractivity contribution in [1.82, 2.24) is 0 Å². The highest BCUT2D eigenvalue weighted by Gasteiger charge is 2.34. The Kier molecular flexibility index (Phi) is 17.4. The number of aryl methyl sites for hydroxylation is 3. The predicted octanol–water partition coefficient (Wildman–Crippen LogP) is 19.5. The summed E-state index contributed by atoms with van der Waals surface area (Å²) in [6.07, 6.45) is -8.45. The molecule has 15 heteroatoms. The van der Waals surface area contributed by atoms with Crippen LogP contribution >= 0.6 is 0 Å². The highest BCUT2D eigenvalue weighted by atomic mass is 19.4. The van der Waals surface area contributed by atoms with Gasteiger partial charge in [0.05, 0.1) is 0 Å². The molecule has 9 aromatic rings. The minimum Gasteiger partial charge on any atom is -0.403 e. The third kappa shape index (κ3) is 15.4. The van der Waals surface area contributed by atoms with Gasteiger partial charge in [0.15, 0.2) is 34.7 Å². The van der Waals surface area contributed by atoms with Gasteiger partial charge in [0, 0.05) is 0 Å². The molecule has 3 nitrogen and oxygen atoms in total. The molecule has 0 saturated carbocycles. The third-order valence-electron chi connectivity index (χ3n) is 12.0. The third-order valence-corrected chi connectivity index (χ3v) is 12.0. The fourth-order valence-corrected chi connectivity index (χ4v) is 8.29. The fourth-order valence-electron chi connectivity index (χ4n) is 8.29. The van der Waals surface area contributed by atoms with Crippen LogP contribution < -0.4 is 14.2 Å². The van der Waals surface area contributed by atoms with Gasteiger partial charge in [-0.3, -0.25) is 0 Å². The summed E-state index contributed by atoms with van der Waals surface area (Å²) in [5.41, 5.74) is 7.40. The quantitative estimate of drug-likeness (QED) is 0.114. The van der Waals surface area contributed by atoms with E-state index in [-0.39, 0.29) is 0 Å². The lowest BCUT2D eigenvalue weighted by Gasteiger charge is -2.11. The van der Waals surface area contributed by atoms with E-state index in [1.54, 1.807) is 0 Å². The molecule has 9 aromatic carbocycles. The largest absolute Gasteiger partial charge is 0.573 e. The molecular formula is C60H48F12O3. The van der Waals surface area contributed by atoms with E-state index in [2.05, 4.69) is 65.3 Å². The Hall–Kier alpha value is -7.68. The Bertz CT molecular complexity index is 3420. The van der Waals surface area contributed by atoms with Crippen molar-refractivity contribution in [2.75, 3.05) is 0 Å². The van der Waals surface area contributed by atoms with Gasteiger partial charge in [-0.15, -0.1) is 39.5 Å². The number of benzene rings is 9. The topological polar surface area (TPSA) is 27.7 Å². The van der Waals surface area contributed by atoms with Crippen molar-refractivity contribution in [2.45, 2.75) is 78.4 Å². The SMILES string of the molecule is CCCCc1ccc2cc(-c3ccc(OC(F)(F)F)c(F)c3)ccc2c1.CCCc1ccc2cc(-c3ccc(OC(F)(F)F)c(F)c3)ccc2c1.CCc1ccc2cc(-c3ccc(OC(F)(F)F)c(F)c3)ccc2c1. The van der Waals surface area contributed by atoms with E-state index in [1.165, 1.54) is 34.9 Å². The molecule has 0 heterocycles. The Balaban J connectivity index is 0.000000164. The maximum atomic E-state index is 13.9. The molecule has 75 heavy (non-hydrogen) atoms. The van der Waals surface area contributed by atoms with E-state index in [1.807, 2.05) is 78.9 Å². The van der Waals surface area contributed by atoms with Gasteiger partial charge in [-0.25, -0.2) is 13.2 Å². The molecular weight excluding hydrogens is 997 g/mol. The number of halogens is 12. The first-order chi connectivity index (χ1) is 35.6. The second kappa shape index (κ2) is 23.7. The summed E-state index contributed by atoms with van der Waals surface area (Å²) in [5.74, 6) is -5.64. The molecule has 0 bridgehead atoms. The van der Waals surface area contributed by atoms with Crippen LogP contribution in [0.1, 0.15) is 56.7 Å². The molecule has 0 aliphatic carbocycles. The molecule has 390 valence electrons. The van der Waals surface area contributed by atoms with E-state index in [0.717, 1.165) is 124 Å². The van der Waals surface area contributed by atoms with Crippen LogP contribution in [0.25, 0.3) is 65.7 Å². The highest BCUT2D eigenvalue weighted by molar-refractivity contribution is 5.90. The molecule has 0 aromatic heterocycles. The summed E-state index contributed by atoms with van der Waals surface area (Å²) in [5, 5.41) is 6.20. The van der Waals surface area contributed by atoms with Gasteiger partial charge in [0.25, 0.3) is 0 Å². The number of ether oxygens (including phenoxy) is 3. The maximum Gasteiger partial charge on any atom is 0.573 e. The lowest BCUT2D eigenvalue weighted by atomic mass is 9.98. The van der Waals surface area contributed by atoms with E-state index in [4.69, 9.17) is 0 Å². The molecule has 0 radical (unpaired) electrons. The molecule has 0 aliphatic rings. The smallest absolute Gasteiger partial charge is 0.403 e. The molecule has 9 rings (SSSR count). The van der Waals surface area contributed by atoms with Gasteiger partial charge >= 0.3 is 19.1 Å². The molecule has 0 fully saturated rings. The first kappa shape index (κ1) is 55.1. The molecule has 0 amide bonds. The number of alkyl halides is 9. The van der Waals surface area contributed by atoms with Crippen molar-refractivity contribution in [3.8, 4) is 50.6 Å². The fraction of sp³-hybridized carbons (Fsp3) is 0.200. The van der Waals surface area contributed by atoms with Crippen LogP contribution in [0.15, 0.2) is 164 Å². The van der Waals surface area contributed by atoms with Gasteiger partial charge in [-0.1, -0.05) is 143 Å². The average Bonchev–Trinajstić information content (AvgIpc) is 3.36. The summed E-state index contributed by atoms with van der Waals surface area (Å²) < 4.78 is 163. The van der Waals surface area contributed by atoms with Crippen LogP contribution in [0.3, 0.4) is 0 Å². The monoisotopic (exact) mass is 1040 g/mol. The summed E-state index contributed by atoms with van der Waals surface area (Å²) in [6.45, 7) is 6.34. The molecule has 0 spiro atoms. The van der Waals surface area contributed by atoms with Crippen LogP contribution in [0.4, 0.5) is 52.7 Å². The summed E-state index contributed by atoms with van der Waals surface area (Å²) in [4.78, 5) is 0. The first-order valence-electron chi connectivity index (χ1n) is 23.8. The minimum atomic E-state index is -4.92. The van der Waals surface area contributed by atoms with E-state index >= 15 is 0 Å². The van der Waals surface area contributed by atoms with Gasteiger partial charge in [-0.05, 0) is 163 Å². The van der Waals surface area contributed by atoms with Crippen molar-refractivity contribution >= 4 is 32.3 Å². The number of hydrogen-bond acceptors (Lipinski definition) is 3. The maximum absolute atomic E-state index is 13.9. The minimum absolute atomic E-state index is 0.489. The van der Waals surface area contributed by atoms with Crippen molar-refractivity contribution in [1.29, 1.82) is 0 Å². The van der Waals surface area contributed by atoms with Gasteiger partial charge in [0.1, 0.15) is 0 Å². The second-order valence-electron chi connectivity index (χ2n) is 17.5. The van der Waals surface area contributed by atoms with Crippen LogP contribution in [0.2, 0.25) is 0 Å². The Labute approximate surface area is 424 Å². The Morgan fingerprint density at radius 2 is 0.587 bits per heavy atom. The highest BCUT2D eigenvalue weighted by Crippen LogP contribution is 2.35. The molecule has 0 atom stereocenters. The van der Waals surface area contributed by atoms with E-state index in [9.17, 15) is 52.7 Å². The number of unbranched alkanes of at least 4 members (excludes halogenated alkanes) is 1. The van der Waals surface area contributed by atoms with Crippen LogP contribution in [-0.2, 0) is 19.3 Å². The van der Waals surface area contributed by atoms with Crippen LogP contribution in [0.5, 0.6) is 17.2 Å². The van der Waals surface area contributed by atoms with Crippen molar-refractivity contribution in [3.05, 3.63) is 198 Å². The van der Waals surface area contributed by atoms with Crippen molar-refractivity contribution in [2.24, 2.45) is 0 Å².